The molecule has 0 saturated carbocycles. The lowest BCUT2D eigenvalue weighted by molar-refractivity contribution is 0.534. The fraction of sp³-hybridized carbons (Fsp3) is 0.333. The van der Waals surface area contributed by atoms with Gasteiger partial charge in [0, 0.05) is 0 Å². The maximum Gasteiger partial charge on any atom is 0.100 e. The van der Waals surface area contributed by atoms with Gasteiger partial charge in [-0.1, -0.05) is 14.9 Å². The third kappa shape index (κ3) is 6.12. The van der Waals surface area contributed by atoms with Gasteiger partial charge in [-0.3, -0.25) is 0 Å². The molecule has 2 heterocycles. The van der Waals surface area contributed by atoms with Crippen LogP contribution < -0.4 is 0 Å². The molecule has 0 aromatic carbocycles. The third-order valence-electron chi connectivity index (χ3n) is 1.33. The zero-order chi connectivity index (χ0) is 8.81. The van der Waals surface area contributed by atoms with E-state index in [1.54, 1.807) is 18.8 Å². The van der Waals surface area contributed by atoms with Crippen molar-refractivity contribution in [2.24, 2.45) is 0 Å². The van der Waals surface area contributed by atoms with Crippen molar-refractivity contribution in [3.05, 3.63) is 48.3 Å². The van der Waals surface area contributed by atoms with Gasteiger partial charge >= 0.3 is 0 Å². The lowest BCUT2D eigenvalue weighted by Crippen LogP contribution is -1.48. The summed E-state index contributed by atoms with van der Waals surface area (Å²) in [6.45, 7) is 3.91. The third-order valence-corrected chi connectivity index (χ3v) is 1.33. The van der Waals surface area contributed by atoms with Gasteiger partial charge in [0.2, 0.25) is 0 Å². The predicted molar refractivity (Wildman–Crippen MR) is 60.4 cm³/mol. The number of aryl methyl sites for hydroxylation is 2. The first kappa shape index (κ1) is 15.1. The van der Waals surface area contributed by atoms with Crippen LogP contribution in [0.3, 0.4) is 0 Å². The number of furan rings is 2. The van der Waals surface area contributed by atoms with Crippen LogP contribution in [0.2, 0.25) is 0 Å². The van der Waals surface area contributed by atoms with Crippen molar-refractivity contribution < 1.29 is 8.83 Å². The molecule has 2 nitrogen and oxygen atoms in total. The maximum absolute atomic E-state index is 4.83. The summed E-state index contributed by atoms with van der Waals surface area (Å²) in [5, 5.41) is 0. The van der Waals surface area contributed by atoms with Crippen molar-refractivity contribution in [2.75, 3.05) is 0 Å². The standard InChI is InChI=1S/2C5H6O.2CH4/c1-5-2-3-6-4-5;1-5-3-2-4-6-5;;/h2*2-4H,1H3;2*1H4. The molecule has 0 amide bonds. The monoisotopic (exact) mass is 196 g/mol. The summed E-state index contributed by atoms with van der Waals surface area (Å²) in [5.41, 5.74) is 1.18. The normalized spacial score (nSPS) is 7.57. The minimum atomic E-state index is 0. The van der Waals surface area contributed by atoms with Gasteiger partial charge < -0.3 is 8.83 Å². The van der Waals surface area contributed by atoms with Crippen LogP contribution in [0.15, 0.2) is 45.8 Å². The zero-order valence-corrected chi connectivity index (χ0v) is 7.28. The highest BCUT2D eigenvalue weighted by molar-refractivity contribution is 5.00. The Hall–Kier alpha value is -1.44. The van der Waals surface area contributed by atoms with Crippen molar-refractivity contribution in [1.82, 2.24) is 0 Å². The summed E-state index contributed by atoms with van der Waals surface area (Å²) in [5.74, 6) is 0.968. The predicted octanol–water partition coefficient (Wildman–Crippen LogP) is 4.45. The minimum absolute atomic E-state index is 0. The van der Waals surface area contributed by atoms with Gasteiger partial charge in [0.05, 0.1) is 18.8 Å². The number of hydrogen-bond donors (Lipinski definition) is 0. The summed E-state index contributed by atoms with van der Waals surface area (Å²) >= 11 is 0. The highest BCUT2D eigenvalue weighted by atomic mass is 16.3. The van der Waals surface area contributed by atoms with Crippen LogP contribution in [-0.4, -0.2) is 0 Å². The second-order valence-electron chi connectivity index (χ2n) is 2.52. The molecular weight excluding hydrogens is 176 g/mol. The average molecular weight is 196 g/mol. The SMILES string of the molecule is C.C.Cc1ccco1.Cc1ccoc1. The summed E-state index contributed by atoms with van der Waals surface area (Å²) < 4.78 is 9.55. The van der Waals surface area contributed by atoms with Gasteiger partial charge in [-0.05, 0) is 37.6 Å². The Morgan fingerprint density at radius 3 is 1.86 bits per heavy atom. The van der Waals surface area contributed by atoms with Crippen molar-refractivity contribution in [2.45, 2.75) is 28.7 Å². The molecule has 0 N–H and O–H groups in total. The first-order valence-corrected chi connectivity index (χ1v) is 3.78. The van der Waals surface area contributed by atoms with E-state index in [1.807, 2.05) is 32.0 Å². The van der Waals surface area contributed by atoms with Crippen molar-refractivity contribution in [3.63, 3.8) is 0 Å². The summed E-state index contributed by atoms with van der Waals surface area (Å²) in [6.07, 6.45) is 5.03. The molecule has 0 radical (unpaired) electrons. The van der Waals surface area contributed by atoms with E-state index in [1.165, 1.54) is 5.56 Å². The topological polar surface area (TPSA) is 26.3 Å². The first-order valence-electron chi connectivity index (χ1n) is 3.78. The van der Waals surface area contributed by atoms with Crippen LogP contribution in [0, 0.1) is 13.8 Å². The maximum atomic E-state index is 4.83. The molecule has 2 heteroatoms. The highest BCUT2D eigenvalue weighted by Gasteiger charge is 1.76. The molecule has 0 aliphatic heterocycles. The Labute approximate surface area is 86.6 Å². The van der Waals surface area contributed by atoms with Crippen LogP contribution in [0.4, 0.5) is 0 Å². The lowest BCUT2D eigenvalue weighted by atomic mass is 10.4. The molecule has 0 aliphatic carbocycles. The van der Waals surface area contributed by atoms with Crippen LogP contribution in [0.1, 0.15) is 26.2 Å². The van der Waals surface area contributed by atoms with Gasteiger partial charge in [0.1, 0.15) is 5.76 Å². The molecule has 0 spiro atoms. The number of rotatable bonds is 0. The van der Waals surface area contributed by atoms with Crippen molar-refractivity contribution in [1.29, 1.82) is 0 Å². The van der Waals surface area contributed by atoms with Crippen LogP contribution in [-0.2, 0) is 0 Å². The average Bonchev–Trinajstić information content (AvgIpc) is 2.63. The van der Waals surface area contributed by atoms with E-state index in [2.05, 4.69) is 0 Å². The van der Waals surface area contributed by atoms with Crippen LogP contribution in [0.25, 0.3) is 0 Å². The smallest absolute Gasteiger partial charge is 0.100 e. The fourth-order valence-corrected chi connectivity index (χ4v) is 0.693. The first-order chi connectivity index (χ1) is 5.79. The molecule has 2 aromatic rings. The largest absolute Gasteiger partial charge is 0.472 e. The Kier molecular flexibility index (Phi) is 8.79. The molecule has 0 saturated heterocycles. The minimum Gasteiger partial charge on any atom is -0.472 e. The molecule has 2 aromatic heterocycles. The van der Waals surface area contributed by atoms with Gasteiger partial charge in [-0.2, -0.15) is 0 Å². The quantitative estimate of drug-likeness (QED) is 0.622. The van der Waals surface area contributed by atoms with Gasteiger partial charge in [0.25, 0.3) is 0 Å². The Morgan fingerprint density at radius 1 is 1.00 bits per heavy atom. The second kappa shape index (κ2) is 8.17. The molecule has 2 rings (SSSR count). The summed E-state index contributed by atoms with van der Waals surface area (Å²) in [4.78, 5) is 0. The molecule has 0 fully saturated rings. The second-order valence-corrected chi connectivity index (χ2v) is 2.52. The van der Waals surface area contributed by atoms with E-state index in [0.717, 1.165) is 5.76 Å². The summed E-state index contributed by atoms with van der Waals surface area (Å²) in [7, 11) is 0. The zero-order valence-electron chi connectivity index (χ0n) is 7.28. The van der Waals surface area contributed by atoms with E-state index in [-0.39, 0.29) is 14.9 Å². The summed E-state index contributed by atoms with van der Waals surface area (Å²) in [6, 6.07) is 5.70. The van der Waals surface area contributed by atoms with E-state index in [0.29, 0.717) is 0 Å². The van der Waals surface area contributed by atoms with E-state index < -0.39 is 0 Å². The molecule has 0 atom stereocenters. The molecule has 80 valence electrons. The van der Waals surface area contributed by atoms with E-state index in [9.17, 15) is 0 Å². The Bertz CT molecular complexity index is 248. The Balaban J connectivity index is 0. The van der Waals surface area contributed by atoms with Gasteiger partial charge in [-0.25, -0.2) is 0 Å². The van der Waals surface area contributed by atoms with E-state index >= 15 is 0 Å². The van der Waals surface area contributed by atoms with Crippen molar-refractivity contribution >= 4 is 0 Å². The lowest BCUT2D eigenvalue weighted by Gasteiger charge is -1.69. The molecular formula is C12H20O2. The fourth-order valence-electron chi connectivity index (χ4n) is 0.693. The van der Waals surface area contributed by atoms with Crippen LogP contribution >= 0.6 is 0 Å². The van der Waals surface area contributed by atoms with Gasteiger partial charge in [-0.15, -0.1) is 0 Å². The molecule has 14 heavy (non-hydrogen) atoms. The van der Waals surface area contributed by atoms with Crippen molar-refractivity contribution in [3.8, 4) is 0 Å². The molecule has 0 aliphatic rings. The van der Waals surface area contributed by atoms with Gasteiger partial charge in [0.15, 0.2) is 0 Å². The molecule has 0 bridgehead atoms. The molecule has 0 unspecified atom stereocenters. The van der Waals surface area contributed by atoms with Crippen LogP contribution in [0.5, 0.6) is 0 Å². The highest BCUT2D eigenvalue weighted by Crippen LogP contribution is 1.93. The Morgan fingerprint density at radius 2 is 1.71 bits per heavy atom. The number of hydrogen-bond acceptors (Lipinski definition) is 2. The van der Waals surface area contributed by atoms with E-state index in [4.69, 9.17) is 8.83 Å².